The number of rotatable bonds is 3. The van der Waals surface area contributed by atoms with Crippen molar-refractivity contribution in [2.45, 2.75) is 20.3 Å². The Morgan fingerprint density at radius 2 is 1.93 bits per heavy atom. The van der Waals surface area contributed by atoms with Gasteiger partial charge in [0.05, 0.1) is 0 Å². The number of benzene rings is 1. The molecule has 1 rings (SSSR count). The van der Waals surface area contributed by atoms with Gasteiger partial charge < -0.3 is 5.32 Å². The van der Waals surface area contributed by atoms with Gasteiger partial charge in [0.1, 0.15) is 0 Å². The van der Waals surface area contributed by atoms with E-state index < -0.39 is 0 Å². The molecule has 0 bridgehead atoms. The molecule has 1 aromatic carbocycles. The average Bonchev–Trinajstić information content (AvgIpc) is 2.17. The molecule has 0 unspecified atom stereocenters. The highest BCUT2D eigenvalue weighted by Crippen LogP contribution is 2.09. The fraction of sp³-hybridized carbons (Fsp3) is 0.417. The van der Waals surface area contributed by atoms with Crippen molar-refractivity contribution in [1.82, 2.24) is 5.32 Å². The van der Waals surface area contributed by atoms with E-state index in [1.54, 1.807) is 7.05 Å². The standard InChI is InChI=1S/C12H17NO.H2/c1-9(2)8-10-4-6-11(7-5-10)12(14)13-3;/h4-7,9H,8H2,1-3H3,(H,13,14);1H. The Morgan fingerprint density at radius 3 is 2.36 bits per heavy atom. The van der Waals surface area contributed by atoms with Crippen LogP contribution < -0.4 is 5.32 Å². The summed E-state index contributed by atoms with van der Waals surface area (Å²) in [6, 6.07) is 7.78. The van der Waals surface area contributed by atoms with E-state index in [-0.39, 0.29) is 7.33 Å². The summed E-state index contributed by atoms with van der Waals surface area (Å²) in [7, 11) is 1.64. The molecule has 0 spiro atoms. The summed E-state index contributed by atoms with van der Waals surface area (Å²) in [6.45, 7) is 4.37. The molecule has 0 aliphatic heterocycles. The molecule has 0 aromatic heterocycles. The van der Waals surface area contributed by atoms with E-state index in [1.165, 1.54) is 5.56 Å². The molecule has 1 N–H and O–H groups in total. The quantitative estimate of drug-likeness (QED) is 0.785. The van der Waals surface area contributed by atoms with Crippen LogP contribution in [0.1, 0.15) is 31.2 Å². The van der Waals surface area contributed by atoms with E-state index in [0.29, 0.717) is 5.92 Å². The van der Waals surface area contributed by atoms with Gasteiger partial charge in [0.25, 0.3) is 5.91 Å². The highest BCUT2D eigenvalue weighted by Gasteiger charge is 2.02. The highest BCUT2D eigenvalue weighted by atomic mass is 16.1. The maximum absolute atomic E-state index is 11.2. The average molecular weight is 193 g/mol. The molecule has 0 fully saturated rings. The summed E-state index contributed by atoms with van der Waals surface area (Å²) in [6.07, 6.45) is 1.06. The van der Waals surface area contributed by atoms with Crippen LogP contribution in [-0.2, 0) is 6.42 Å². The third-order valence-electron chi connectivity index (χ3n) is 2.09. The zero-order valence-electron chi connectivity index (χ0n) is 9.00. The zero-order valence-corrected chi connectivity index (χ0v) is 9.00. The normalized spacial score (nSPS) is 10.3. The van der Waals surface area contributed by atoms with Gasteiger partial charge in [-0.05, 0) is 30.0 Å². The zero-order chi connectivity index (χ0) is 10.6. The van der Waals surface area contributed by atoms with Crippen LogP contribution >= 0.6 is 0 Å². The van der Waals surface area contributed by atoms with E-state index in [4.69, 9.17) is 0 Å². The van der Waals surface area contributed by atoms with Crippen molar-refractivity contribution in [3.05, 3.63) is 35.4 Å². The second kappa shape index (κ2) is 4.80. The number of nitrogens with one attached hydrogen (secondary N) is 1. The first-order chi connectivity index (χ1) is 6.63. The summed E-state index contributed by atoms with van der Waals surface area (Å²) in [5, 5.41) is 2.60. The summed E-state index contributed by atoms with van der Waals surface area (Å²) in [4.78, 5) is 11.2. The molecular formula is C12H19NO. The number of carbonyl (C=O) groups excluding carboxylic acids is 1. The summed E-state index contributed by atoms with van der Waals surface area (Å²) in [5.41, 5.74) is 2.01. The van der Waals surface area contributed by atoms with Crippen LogP contribution in [0.25, 0.3) is 0 Å². The van der Waals surface area contributed by atoms with E-state index >= 15 is 0 Å². The summed E-state index contributed by atoms with van der Waals surface area (Å²) >= 11 is 0. The molecule has 2 heteroatoms. The van der Waals surface area contributed by atoms with Crippen molar-refractivity contribution >= 4 is 5.91 Å². The first-order valence-corrected chi connectivity index (χ1v) is 4.94. The van der Waals surface area contributed by atoms with Crippen LogP contribution in [0.2, 0.25) is 0 Å². The van der Waals surface area contributed by atoms with Gasteiger partial charge in [-0.25, -0.2) is 0 Å². The van der Waals surface area contributed by atoms with Crippen LogP contribution in [0.5, 0.6) is 0 Å². The van der Waals surface area contributed by atoms with E-state index in [2.05, 4.69) is 19.2 Å². The van der Waals surface area contributed by atoms with Gasteiger partial charge in [-0.2, -0.15) is 0 Å². The van der Waals surface area contributed by atoms with Gasteiger partial charge in [0.2, 0.25) is 0 Å². The maximum atomic E-state index is 11.2. The van der Waals surface area contributed by atoms with Gasteiger partial charge in [0.15, 0.2) is 0 Å². The number of hydrogen-bond acceptors (Lipinski definition) is 1. The fourth-order valence-electron chi connectivity index (χ4n) is 1.41. The van der Waals surface area contributed by atoms with Crippen molar-refractivity contribution < 1.29 is 6.22 Å². The molecule has 0 saturated heterocycles. The minimum atomic E-state index is -0.0268. The molecule has 0 radical (unpaired) electrons. The van der Waals surface area contributed by atoms with Crippen LogP contribution in [0.4, 0.5) is 0 Å². The topological polar surface area (TPSA) is 29.1 Å². The Morgan fingerprint density at radius 1 is 1.36 bits per heavy atom. The summed E-state index contributed by atoms with van der Waals surface area (Å²) in [5.74, 6) is 0.627. The van der Waals surface area contributed by atoms with Crippen molar-refractivity contribution in [1.29, 1.82) is 0 Å². The third kappa shape index (κ3) is 2.87. The maximum Gasteiger partial charge on any atom is 0.251 e. The molecule has 0 aliphatic carbocycles. The predicted molar refractivity (Wildman–Crippen MR) is 60.5 cm³/mol. The second-order valence-electron chi connectivity index (χ2n) is 3.87. The number of hydrogen-bond donors (Lipinski definition) is 1. The molecular weight excluding hydrogens is 174 g/mol. The van der Waals surface area contributed by atoms with Gasteiger partial charge >= 0.3 is 0 Å². The lowest BCUT2D eigenvalue weighted by molar-refractivity contribution is 0.0963. The smallest absolute Gasteiger partial charge is 0.251 e. The summed E-state index contributed by atoms with van der Waals surface area (Å²) < 4.78 is 0. The van der Waals surface area contributed by atoms with Crippen LogP contribution in [0, 0.1) is 5.92 Å². The first-order valence-electron chi connectivity index (χ1n) is 4.94. The Labute approximate surface area is 86.8 Å². The minimum absolute atomic E-state index is 0. The van der Waals surface area contributed by atoms with Gasteiger partial charge in [-0.3, -0.25) is 4.79 Å². The highest BCUT2D eigenvalue weighted by molar-refractivity contribution is 5.93. The molecule has 0 heterocycles. The molecule has 0 atom stereocenters. The van der Waals surface area contributed by atoms with Crippen molar-refractivity contribution in [3.63, 3.8) is 0 Å². The molecule has 1 aromatic rings. The Hall–Kier alpha value is -1.31. The van der Waals surface area contributed by atoms with Gasteiger partial charge in [-0.1, -0.05) is 26.0 Å². The van der Waals surface area contributed by atoms with E-state index in [9.17, 15) is 4.79 Å². The van der Waals surface area contributed by atoms with Gasteiger partial charge in [-0.15, -0.1) is 0 Å². The van der Waals surface area contributed by atoms with Crippen LogP contribution in [-0.4, -0.2) is 13.0 Å². The van der Waals surface area contributed by atoms with Crippen LogP contribution in [0.15, 0.2) is 24.3 Å². The van der Waals surface area contributed by atoms with Crippen molar-refractivity contribution in [2.24, 2.45) is 5.92 Å². The van der Waals surface area contributed by atoms with Gasteiger partial charge in [0, 0.05) is 14.0 Å². The molecule has 14 heavy (non-hydrogen) atoms. The van der Waals surface area contributed by atoms with E-state index in [0.717, 1.165) is 12.0 Å². The SMILES string of the molecule is CNC(=O)c1ccc(CC(C)C)cc1.[HH]. The lowest BCUT2D eigenvalue weighted by Gasteiger charge is -2.05. The fourth-order valence-corrected chi connectivity index (χ4v) is 1.41. The largest absolute Gasteiger partial charge is 0.355 e. The lowest BCUT2D eigenvalue weighted by atomic mass is 10.0. The molecule has 1 amide bonds. The van der Waals surface area contributed by atoms with Crippen LogP contribution in [0.3, 0.4) is 0 Å². The Bertz CT molecular complexity index is 306. The lowest BCUT2D eigenvalue weighted by Crippen LogP contribution is -2.17. The minimum Gasteiger partial charge on any atom is -0.355 e. The molecule has 2 nitrogen and oxygen atoms in total. The third-order valence-corrected chi connectivity index (χ3v) is 2.09. The second-order valence-corrected chi connectivity index (χ2v) is 3.87. The Kier molecular flexibility index (Phi) is 3.69. The molecule has 0 saturated carbocycles. The predicted octanol–water partition coefficient (Wildman–Crippen LogP) is 2.49. The monoisotopic (exact) mass is 193 g/mol. The Balaban J connectivity index is 0.00000196. The van der Waals surface area contributed by atoms with Crippen molar-refractivity contribution in [3.8, 4) is 0 Å². The number of carbonyl (C=O) groups is 1. The molecule has 0 aliphatic rings. The first kappa shape index (κ1) is 10.8. The number of amides is 1. The van der Waals surface area contributed by atoms with E-state index in [1.807, 2.05) is 24.3 Å². The van der Waals surface area contributed by atoms with Crippen molar-refractivity contribution in [2.75, 3.05) is 7.05 Å². The molecule has 78 valence electrons.